The molecule has 0 saturated heterocycles. The molecule has 2 aromatic rings. The zero-order valence-corrected chi connectivity index (χ0v) is 11.7. The van der Waals surface area contributed by atoms with Crippen molar-refractivity contribution in [1.29, 1.82) is 0 Å². The number of nitrogens with two attached hydrogens (primary N) is 1. The lowest BCUT2D eigenvalue weighted by atomic mass is 10.2. The molecule has 3 N–H and O–H groups in total. The van der Waals surface area contributed by atoms with Gasteiger partial charge in [-0.15, -0.1) is 11.3 Å². The summed E-state index contributed by atoms with van der Waals surface area (Å²) in [5, 5.41) is 4.99. The van der Waals surface area contributed by atoms with E-state index in [4.69, 9.17) is 5.73 Å². The third kappa shape index (κ3) is 3.39. The van der Waals surface area contributed by atoms with Gasteiger partial charge in [-0.2, -0.15) is 0 Å². The van der Waals surface area contributed by atoms with Crippen LogP contribution in [0.15, 0.2) is 29.8 Å². The Morgan fingerprint density at radius 1 is 1.47 bits per heavy atom. The second-order valence-corrected chi connectivity index (χ2v) is 5.15. The largest absolute Gasteiger partial charge is 0.347 e. The minimum Gasteiger partial charge on any atom is -0.347 e. The van der Waals surface area contributed by atoms with Crippen molar-refractivity contribution in [3.63, 3.8) is 0 Å². The second kappa shape index (κ2) is 6.45. The van der Waals surface area contributed by atoms with Gasteiger partial charge in [-0.25, -0.2) is 0 Å². The fourth-order valence-corrected chi connectivity index (χ4v) is 2.75. The van der Waals surface area contributed by atoms with E-state index in [9.17, 15) is 4.79 Å². The molecule has 2 rings (SSSR count). The molecule has 0 spiro atoms. The van der Waals surface area contributed by atoms with E-state index in [1.807, 2.05) is 0 Å². The highest BCUT2D eigenvalue weighted by Gasteiger charge is 2.08. The Labute approximate surface area is 116 Å². The van der Waals surface area contributed by atoms with E-state index in [0.29, 0.717) is 18.7 Å². The molecule has 0 fully saturated rings. The first-order chi connectivity index (χ1) is 9.24. The number of hydrogen-bond acceptors (Lipinski definition) is 4. The molecule has 2 heterocycles. The molecule has 0 aliphatic heterocycles. The number of amides is 1. The van der Waals surface area contributed by atoms with Crippen molar-refractivity contribution in [2.45, 2.75) is 26.4 Å². The van der Waals surface area contributed by atoms with E-state index in [1.54, 1.807) is 29.7 Å². The summed E-state index contributed by atoms with van der Waals surface area (Å²) in [5.41, 5.74) is 8.13. The molecule has 1 amide bonds. The molecule has 0 saturated carbocycles. The van der Waals surface area contributed by atoms with Gasteiger partial charge in [0.15, 0.2) is 0 Å². The molecular weight excluding hydrogens is 258 g/mol. The van der Waals surface area contributed by atoms with Crippen LogP contribution in [-0.2, 0) is 19.5 Å². The van der Waals surface area contributed by atoms with Crippen molar-refractivity contribution in [2.24, 2.45) is 5.73 Å². The molecule has 0 bridgehead atoms. The van der Waals surface area contributed by atoms with Crippen LogP contribution in [0.5, 0.6) is 0 Å². The number of aromatic nitrogens is 1. The number of rotatable bonds is 5. The van der Waals surface area contributed by atoms with Gasteiger partial charge in [-0.1, -0.05) is 6.92 Å². The number of pyridine rings is 1. The summed E-state index contributed by atoms with van der Waals surface area (Å²) in [7, 11) is 0. The van der Waals surface area contributed by atoms with Gasteiger partial charge in [0.1, 0.15) is 0 Å². The van der Waals surface area contributed by atoms with Gasteiger partial charge in [0.2, 0.25) is 0 Å². The zero-order chi connectivity index (χ0) is 13.7. The minimum atomic E-state index is -0.0902. The maximum atomic E-state index is 12.0. The number of carbonyl (C=O) groups is 1. The lowest BCUT2D eigenvalue weighted by Gasteiger charge is -2.06. The average Bonchev–Trinajstić information content (AvgIpc) is 2.92. The molecule has 0 aliphatic carbocycles. The van der Waals surface area contributed by atoms with E-state index < -0.39 is 0 Å². The quantitative estimate of drug-likeness (QED) is 0.878. The number of thiophene rings is 1. The summed E-state index contributed by atoms with van der Waals surface area (Å²) in [4.78, 5) is 17.3. The highest BCUT2D eigenvalue weighted by Crippen LogP contribution is 2.17. The molecule has 19 heavy (non-hydrogen) atoms. The van der Waals surface area contributed by atoms with Gasteiger partial charge in [0, 0.05) is 23.2 Å². The van der Waals surface area contributed by atoms with E-state index >= 15 is 0 Å². The molecule has 4 nitrogen and oxygen atoms in total. The molecule has 0 aromatic carbocycles. The van der Waals surface area contributed by atoms with E-state index in [-0.39, 0.29) is 5.91 Å². The number of nitrogens with zero attached hydrogens (tertiary/aromatic N) is 1. The molecule has 100 valence electrons. The van der Waals surface area contributed by atoms with Crippen molar-refractivity contribution in [2.75, 3.05) is 0 Å². The van der Waals surface area contributed by atoms with Crippen LogP contribution in [0, 0.1) is 0 Å². The summed E-state index contributed by atoms with van der Waals surface area (Å²) in [6.07, 6.45) is 2.60. The van der Waals surface area contributed by atoms with Crippen LogP contribution in [0.25, 0.3) is 0 Å². The molecule has 0 atom stereocenters. The van der Waals surface area contributed by atoms with Crippen LogP contribution in [-0.4, -0.2) is 10.9 Å². The van der Waals surface area contributed by atoms with Gasteiger partial charge in [0.05, 0.1) is 12.2 Å². The lowest BCUT2D eigenvalue weighted by Crippen LogP contribution is -2.23. The maximum Gasteiger partial charge on any atom is 0.251 e. The first-order valence-electron chi connectivity index (χ1n) is 6.23. The van der Waals surface area contributed by atoms with E-state index in [1.165, 1.54) is 10.4 Å². The lowest BCUT2D eigenvalue weighted by molar-refractivity contribution is 0.0951. The van der Waals surface area contributed by atoms with Crippen LogP contribution in [0.3, 0.4) is 0 Å². The molecule has 5 heteroatoms. The Kier molecular flexibility index (Phi) is 4.65. The maximum absolute atomic E-state index is 12.0. The Balaban J connectivity index is 2.01. The standard InChI is InChI=1S/C14H17N3OS/c1-2-10-4-6-19-13(10)9-17-14(18)11-3-5-16-12(7-11)8-15/h3-7H,2,8-9,15H2,1H3,(H,17,18). The summed E-state index contributed by atoms with van der Waals surface area (Å²) in [5.74, 6) is -0.0902. The summed E-state index contributed by atoms with van der Waals surface area (Å²) < 4.78 is 0. The van der Waals surface area contributed by atoms with Crippen molar-refractivity contribution >= 4 is 17.2 Å². The number of aryl methyl sites for hydroxylation is 1. The zero-order valence-electron chi connectivity index (χ0n) is 10.8. The molecule has 2 aromatic heterocycles. The molecular formula is C14H17N3OS. The van der Waals surface area contributed by atoms with Crippen LogP contribution in [0.1, 0.15) is 33.4 Å². The van der Waals surface area contributed by atoms with Gasteiger partial charge in [-0.3, -0.25) is 9.78 Å². The molecule has 0 unspecified atom stereocenters. The summed E-state index contributed by atoms with van der Waals surface area (Å²) in [6, 6.07) is 5.53. The highest BCUT2D eigenvalue weighted by molar-refractivity contribution is 7.10. The fraction of sp³-hybridized carbons (Fsp3) is 0.286. The third-order valence-corrected chi connectivity index (χ3v) is 3.88. The monoisotopic (exact) mass is 275 g/mol. The van der Waals surface area contributed by atoms with Crippen LogP contribution in [0.2, 0.25) is 0 Å². The Morgan fingerprint density at radius 2 is 2.32 bits per heavy atom. The molecule has 0 radical (unpaired) electrons. The topological polar surface area (TPSA) is 68.0 Å². The van der Waals surface area contributed by atoms with Crippen molar-refractivity contribution in [3.05, 3.63) is 51.5 Å². The SMILES string of the molecule is CCc1ccsc1CNC(=O)c1ccnc(CN)c1. The summed E-state index contributed by atoms with van der Waals surface area (Å²) >= 11 is 1.67. The van der Waals surface area contributed by atoms with Crippen LogP contribution >= 0.6 is 11.3 Å². The van der Waals surface area contributed by atoms with Crippen molar-refractivity contribution in [1.82, 2.24) is 10.3 Å². The fourth-order valence-electron chi connectivity index (χ4n) is 1.83. The predicted molar refractivity (Wildman–Crippen MR) is 77.0 cm³/mol. The first-order valence-corrected chi connectivity index (χ1v) is 7.11. The van der Waals surface area contributed by atoms with Gasteiger partial charge >= 0.3 is 0 Å². The third-order valence-electron chi connectivity index (χ3n) is 2.92. The van der Waals surface area contributed by atoms with Gasteiger partial charge < -0.3 is 11.1 Å². The Bertz CT molecular complexity index is 565. The van der Waals surface area contributed by atoms with E-state index in [0.717, 1.165) is 12.1 Å². The second-order valence-electron chi connectivity index (χ2n) is 4.15. The first kappa shape index (κ1) is 13.7. The highest BCUT2D eigenvalue weighted by atomic mass is 32.1. The Hall–Kier alpha value is -1.72. The van der Waals surface area contributed by atoms with Crippen molar-refractivity contribution in [3.8, 4) is 0 Å². The number of hydrogen-bond donors (Lipinski definition) is 2. The van der Waals surface area contributed by atoms with Crippen LogP contribution in [0.4, 0.5) is 0 Å². The van der Waals surface area contributed by atoms with Crippen LogP contribution < -0.4 is 11.1 Å². The smallest absolute Gasteiger partial charge is 0.251 e. The average molecular weight is 275 g/mol. The number of nitrogens with one attached hydrogen (secondary N) is 1. The minimum absolute atomic E-state index is 0.0902. The molecule has 0 aliphatic rings. The van der Waals surface area contributed by atoms with E-state index in [2.05, 4.69) is 28.7 Å². The number of carbonyl (C=O) groups excluding carboxylic acids is 1. The summed E-state index contributed by atoms with van der Waals surface area (Å²) in [6.45, 7) is 3.02. The normalized spacial score (nSPS) is 10.4. The Morgan fingerprint density at radius 3 is 3.05 bits per heavy atom. The predicted octanol–water partition coefficient (Wildman–Crippen LogP) is 2.09. The van der Waals surface area contributed by atoms with Gasteiger partial charge in [0.25, 0.3) is 5.91 Å². The van der Waals surface area contributed by atoms with Crippen molar-refractivity contribution < 1.29 is 4.79 Å². The van der Waals surface area contributed by atoms with Gasteiger partial charge in [-0.05, 0) is 35.6 Å².